The molecular formula is C24H24N2O5. The van der Waals surface area contributed by atoms with E-state index in [1.807, 2.05) is 17.0 Å². The Balaban J connectivity index is 1.17. The van der Waals surface area contributed by atoms with Crippen LogP contribution in [-0.2, 0) is 22.6 Å². The van der Waals surface area contributed by atoms with Gasteiger partial charge in [0, 0.05) is 43.6 Å². The largest absolute Gasteiger partial charge is 0.484 e. The Labute approximate surface area is 179 Å². The molecule has 0 fully saturated rings. The molecule has 1 aliphatic rings. The van der Waals surface area contributed by atoms with Crippen molar-refractivity contribution in [3.8, 4) is 5.75 Å². The van der Waals surface area contributed by atoms with Crippen LogP contribution in [0.4, 0.5) is 0 Å². The van der Waals surface area contributed by atoms with Gasteiger partial charge in [0.2, 0.25) is 5.91 Å². The summed E-state index contributed by atoms with van der Waals surface area (Å²) < 4.78 is 10.6. The van der Waals surface area contributed by atoms with Gasteiger partial charge in [0.15, 0.2) is 6.61 Å². The zero-order chi connectivity index (χ0) is 21.6. The topological polar surface area (TPSA) is 88.9 Å². The molecular weight excluding hydrogens is 396 g/mol. The average Bonchev–Trinajstić information content (AvgIpc) is 2.79. The molecule has 2 amide bonds. The Hall–Kier alpha value is -3.61. The Kier molecular flexibility index (Phi) is 6.31. The fourth-order valence-electron chi connectivity index (χ4n) is 3.66. The van der Waals surface area contributed by atoms with Crippen LogP contribution in [0.5, 0.6) is 5.75 Å². The lowest BCUT2D eigenvalue weighted by molar-refractivity contribution is -0.132. The summed E-state index contributed by atoms with van der Waals surface area (Å²) in [5.74, 6) is 0.282. The van der Waals surface area contributed by atoms with Crippen molar-refractivity contribution in [3.05, 3.63) is 76.1 Å². The van der Waals surface area contributed by atoms with Gasteiger partial charge in [-0.25, -0.2) is 4.79 Å². The monoisotopic (exact) mass is 420 g/mol. The maximum absolute atomic E-state index is 12.5. The van der Waals surface area contributed by atoms with E-state index in [0.29, 0.717) is 37.3 Å². The summed E-state index contributed by atoms with van der Waals surface area (Å²) in [5, 5.41) is 3.54. The Morgan fingerprint density at radius 1 is 1.06 bits per heavy atom. The summed E-state index contributed by atoms with van der Waals surface area (Å²) in [4.78, 5) is 37.7. The fourth-order valence-corrected chi connectivity index (χ4v) is 3.66. The quantitative estimate of drug-likeness (QED) is 0.469. The van der Waals surface area contributed by atoms with E-state index in [1.54, 1.807) is 24.3 Å². The van der Waals surface area contributed by atoms with E-state index in [-0.39, 0.29) is 18.4 Å². The van der Waals surface area contributed by atoms with Crippen molar-refractivity contribution in [1.82, 2.24) is 10.2 Å². The summed E-state index contributed by atoms with van der Waals surface area (Å²) in [6.45, 7) is 1.65. The first-order valence-corrected chi connectivity index (χ1v) is 10.4. The molecule has 3 aromatic rings. The van der Waals surface area contributed by atoms with Gasteiger partial charge in [0.05, 0.1) is 0 Å². The number of rotatable bonds is 7. The van der Waals surface area contributed by atoms with E-state index in [4.69, 9.17) is 9.15 Å². The lowest BCUT2D eigenvalue weighted by atomic mass is 9.99. The van der Waals surface area contributed by atoms with Crippen molar-refractivity contribution in [3.63, 3.8) is 0 Å². The van der Waals surface area contributed by atoms with Crippen molar-refractivity contribution < 1.29 is 18.7 Å². The molecule has 4 rings (SSSR count). The third-order valence-corrected chi connectivity index (χ3v) is 5.34. The molecule has 0 unspecified atom stereocenters. The maximum Gasteiger partial charge on any atom is 0.336 e. The zero-order valence-corrected chi connectivity index (χ0v) is 17.1. The molecule has 2 heterocycles. The Bertz CT molecular complexity index is 1150. The maximum atomic E-state index is 12.5. The van der Waals surface area contributed by atoms with E-state index in [9.17, 15) is 14.4 Å². The highest BCUT2D eigenvalue weighted by Crippen LogP contribution is 2.20. The number of fused-ring (bicyclic) bond motifs is 2. The predicted molar refractivity (Wildman–Crippen MR) is 116 cm³/mol. The molecule has 0 aliphatic carbocycles. The second-order valence-corrected chi connectivity index (χ2v) is 7.53. The second-order valence-electron chi connectivity index (χ2n) is 7.53. The SMILES string of the molecule is O=C(COc1ccc2ccc(=O)oc2c1)NCCCC(=O)N1CCc2ccccc2C1. The van der Waals surface area contributed by atoms with E-state index in [2.05, 4.69) is 17.4 Å². The van der Waals surface area contributed by atoms with Crippen LogP contribution in [0.25, 0.3) is 11.0 Å². The first-order chi connectivity index (χ1) is 15.1. The molecule has 0 saturated carbocycles. The molecule has 2 aromatic carbocycles. The first kappa shape index (κ1) is 20.7. The van der Waals surface area contributed by atoms with Crippen molar-refractivity contribution in [2.24, 2.45) is 0 Å². The van der Waals surface area contributed by atoms with Gasteiger partial charge in [0.1, 0.15) is 11.3 Å². The van der Waals surface area contributed by atoms with Crippen LogP contribution < -0.4 is 15.7 Å². The highest BCUT2D eigenvalue weighted by molar-refractivity contribution is 5.79. The Morgan fingerprint density at radius 3 is 2.74 bits per heavy atom. The smallest absolute Gasteiger partial charge is 0.336 e. The summed E-state index contributed by atoms with van der Waals surface area (Å²) in [7, 11) is 0. The minimum Gasteiger partial charge on any atom is -0.484 e. The van der Waals surface area contributed by atoms with E-state index < -0.39 is 5.63 Å². The van der Waals surface area contributed by atoms with Gasteiger partial charge in [-0.2, -0.15) is 0 Å². The number of nitrogens with zero attached hydrogens (tertiary/aromatic N) is 1. The summed E-state index contributed by atoms with van der Waals surface area (Å²) in [5.41, 5.74) is 2.49. The standard InChI is InChI=1S/C24H24N2O5/c27-22(16-30-20-9-7-18-8-10-24(29)31-21(18)14-20)25-12-3-6-23(28)26-13-11-17-4-1-2-5-19(17)15-26/h1-2,4-5,7-10,14H,3,6,11-13,15-16H2,(H,25,27). The van der Waals surface area contributed by atoms with E-state index >= 15 is 0 Å². The molecule has 0 saturated heterocycles. The Morgan fingerprint density at radius 2 is 1.87 bits per heavy atom. The van der Waals surface area contributed by atoms with E-state index in [1.165, 1.54) is 17.2 Å². The van der Waals surface area contributed by atoms with Gasteiger partial charge in [-0.1, -0.05) is 24.3 Å². The summed E-state index contributed by atoms with van der Waals surface area (Å²) in [6.07, 6.45) is 1.85. The van der Waals surface area contributed by atoms with Crippen LogP contribution in [0.1, 0.15) is 24.0 Å². The number of carbonyl (C=O) groups is 2. The molecule has 0 spiro atoms. The third kappa shape index (κ3) is 5.31. The van der Waals surface area contributed by atoms with Gasteiger partial charge >= 0.3 is 5.63 Å². The molecule has 1 aliphatic heterocycles. The van der Waals surface area contributed by atoms with Gasteiger partial charge in [0.25, 0.3) is 5.91 Å². The van der Waals surface area contributed by atoms with Gasteiger partial charge < -0.3 is 19.4 Å². The highest BCUT2D eigenvalue weighted by Gasteiger charge is 2.19. The molecule has 160 valence electrons. The number of nitrogens with one attached hydrogen (secondary N) is 1. The minimum absolute atomic E-state index is 0.109. The fraction of sp³-hybridized carbons (Fsp3) is 0.292. The van der Waals surface area contributed by atoms with Crippen LogP contribution in [0.15, 0.2) is 63.8 Å². The van der Waals surface area contributed by atoms with Crippen molar-refractivity contribution in [2.75, 3.05) is 19.7 Å². The molecule has 0 radical (unpaired) electrons. The summed E-state index contributed by atoms with van der Waals surface area (Å²) >= 11 is 0. The molecule has 7 nitrogen and oxygen atoms in total. The third-order valence-electron chi connectivity index (χ3n) is 5.34. The molecule has 1 aromatic heterocycles. The molecule has 0 atom stereocenters. The predicted octanol–water partition coefficient (Wildman–Crippen LogP) is 2.65. The molecule has 1 N–H and O–H groups in total. The lowest BCUT2D eigenvalue weighted by Gasteiger charge is -2.29. The minimum atomic E-state index is -0.439. The van der Waals surface area contributed by atoms with Crippen LogP contribution in [0.3, 0.4) is 0 Å². The highest BCUT2D eigenvalue weighted by atomic mass is 16.5. The summed E-state index contributed by atoms with van der Waals surface area (Å²) in [6, 6.07) is 16.3. The van der Waals surface area contributed by atoms with Crippen LogP contribution in [-0.4, -0.2) is 36.4 Å². The first-order valence-electron chi connectivity index (χ1n) is 10.4. The average molecular weight is 420 g/mol. The molecule has 31 heavy (non-hydrogen) atoms. The van der Waals surface area contributed by atoms with Crippen molar-refractivity contribution in [1.29, 1.82) is 0 Å². The molecule has 0 bridgehead atoms. The van der Waals surface area contributed by atoms with Crippen molar-refractivity contribution >= 4 is 22.8 Å². The number of ether oxygens (including phenoxy) is 1. The van der Waals surface area contributed by atoms with Crippen LogP contribution >= 0.6 is 0 Å². The van der Waals surface area contributed by atoms with Gasteiger partial charge in [-0.3, -0.25) is 9.59 Å². The molecule has 7 heteroatoms. The number of hydrogen-bond donors (Lipinski definition) is 1. The van der Waals surface area contributed by atoms with Crippen molar-refractivity contribution in [2.45, 2.75) is 25.8 Å². The van der Waals surface area contributed by atoms with Gasteiger partial charge in [-0.15, -0.1) is 0 Å². The van der Waals surface area contributed by atoms with E-state index in [0.717, 1.165) is 18.4 Å². The number of amides is 2. The number of benzene rings is 2. The number of hydrogen-bond acceptors (Lipinski definition) is 5. The van der Waals surface area contributed by atoms with Gasteiger partial charge in [-0.05, 0) is 42.2 Å². The van der Waals surface area contributed by atoms with Crippen LogP contribution in [0, 0.1) is 0 Å². The number of carbonyl (C=O) groups excluding carboxylic acids is 2. The lowest BCUT2D eigenvalue weighted by Crippen LogP contribution is -2.36. The van der Waals surface area contributed by atoms with Crippen LogP contribution in [0.2, 0.25) is 0 Å². The zero-order valence-electron chi connectivity index (χ0n) is 17.1. The second kappa shape index (κ2) is 9.47. The normalized spacial score (nSPS) is 13.0.